The smallest absolute Gasteiger partial charge is 0.435 e. The Morgan fingerprint density at radius 1 is 0.773 bits per heavy atom. The van der Waals surface area contributed by atoms with Crippen molar-refractivity contribution >= 4 is 5.91 Å². The summed E-state index contributed by atoms with van der Waals surface area (Å²) < 4.78 is 152. The van der Waals surface area contributed by atoms with Gasteiger partial charge in [-0.3, -0.25) is 4.79 Å². The number of nitrogens with zero attached hydrogens (tertiary/aromatic N) is 2. The van der Waals surface area contributed by atoms with E-state index in [9.17, 15) is 44.3 Å². The number of alkyl halides is 9. The zero-order chi connectivity index (χ0) is 47.8. The molecule has 0 spiro atoms. The van der Waals surface area contributed by atoms with Crippen LogP contribution in [0.5, 0.6) is 5.75 Å². The lowest BCUT2D eigenvalue weighted by molar-refractivity contribution is -0.457. The molecule has 0 unspecified atom stereocenters. The molecule has 5 aliphatic rings. The second kappa shape index (κ2) is 22.6. The highest BCUT2D eigenvalue weighted by molar-refractivity contribution is 5.75. The van der Waals surface area contributed by atoms with E-state index in [0.29, 0.717) is 76.1 Å². The van der Waals surface area contributed by atoms with Gasteiger partial charge < -0.3 is 43.5 Å². The van der Waals surface area contributed by atoms with Crippen LogP contribution >= 0.6 is 0 Å². The minimum absolute atomic E-state index is 0.0588. The molecule has 378 valence electrons. The number of piperazine rings is 1. The Morgan fingerprint density at radius 2 is 1.44 bits per heavy atom. The van der Waals surface area contributed by atoms with Gasteiger partial charge in [0.05, 0.1) is 39.1 Å². The summed E-state index contributed by atoms with van der Waals surface area (Å²) in [5.41, 5.74) is -3.93. The van der Waals surface area contributed by atoms with Gasteiger partial charge in [0.25, 0.3) is 0 Å². The summed E-state index contributed by atoms with van der Waals surface area (Å²) in [4.78, 5) is 17.2. The molecule has 6 rings (SSSR count). The molecule has 3 aliphatic carbocycles. The van der Waals surface area contributed by atoms with Crippen molar-refractivity contribution in [2.24, 2.45) is 23.2 Å². The van der Waals surface area contributed by atoms with Crippen LogP contribution in [0.15, 0.2) is 18.2 Å². The Bertz CT molecular complexity index is 1640. The summed E-state index contributed by atoms with van der Waals surface area (Å²) in [5.74, 6) is 1.85. The molecule has 2 heterocycles. The summed E-state index contributed by atoms with van der Waals surface area (Å²) in [6, 6.07) is 6.39. The molecule has 2 aliphatic heterocycles. The van der Waals surface area contributed by atoms with Crippen LogP contribution in [0.1, 0.15) is 108 Å². The minimum Gasteiger partial charge on any atom is -0.494 e. The van der Waals surface area contributed by atoms with E-state index in [1.54, 1.807) is 0 Å². The van der Waals surface area contributed by atoms with Gasteiger partial charge in [-0.2, -0.15) is 39.5 Å². The van der Waals surface area contributed by atoms with Crippen LogP contribution in [0.2, 0.25) is 0 Å². The third-order valence-corrected chi connectivity index (χ3v) is 14.8. The molecular formula is C47H70F9N3O7. The maximum atomic E-state index is 13.2. The first-order valence-corrected chi connectivity index (χ1v) is 23.9. The molecular weight excluding hydrogens is 890 g/mol. The summed E-state index contributed by atoms with van der Waals surface area (Å²) in [6.45, 7) is 13.7. The molecule has 4 fully saturated rings. The highest BCUT2D eigenvalue weighted by Gasteiger charge is 2.85. The van der Waals surface area contributed by atoms with Gasteiger partial charge in [-0.25, -0.2) is 0 Å². The Hall–Kier alpha value is -2.42. The predicted octanol–water partition coefficient (Wildman–Crippen LogP) is 9.24. The molecule has 1 aromatic rings. The zero-order valence-electron chi connectivity index (χ0n) is 38.7. The third kappa shape index (κ3) is 13.1. The molecule has 66 heavy (non-hydrogen) atoms. The molecule has 0 radical (unpaired) electrons. The number of aryl methyl sites for hydroxylation is 1. The van der Waals surface area contributed by atoms with Crippen LogP contribution in [0.3, 0.4) is 0 Å². The number of rotatable bonds is 22. The van der Waals surface area contributed by atoms with Crippen LogP contribution in [0.4, 0.5) is 39.5 Å². The average molecular weight is 960 g/mol. The molecule has 1 aromatic carbocycles. The van der Waals surface area contributed by atoms with Gasteiger partial charge in [-0.1, -0.05) is 13.0 Å². The molecule has 0 aromatic heterocycles. The van der Waals surface area contributed by atoms with E-state index in [2.05, 4.69) is 38.9 Å². The number of amides is 1. The van der Waals surface area contributed by atoms with Crippen molar-refractivity contribution in [3.8, 4) is 5.75 Å². The maximum Gasteiger partial charge on any atom is 0.435 e. The van der Waals surface area contributed by atoms with Crippen LogP contribution in [0.25, 0.3) is 0 Å². The summed E-state index contributed by atoms with van der Waals surface area (Å²) in [7, 11) is 0. The minimum atomic E-state index is -6.75. The summed E-state index contributed by atoms with van der Waals surface area (Å²) in [5, 5.41) is 2.96. The second-order valence-electron chi connectivity index (χ2n) is 19.6. The number of hydrogen-bond acceptors (Lipinski definition) is 9. The zero-order valence-corrected chi connectivity index (χ0v) is 38.7. The number of fused-ring (bicyclic) bond motifs is 5. The van der Waals surface area contributed by atoms with Crippen molar-refractivity contribution < 1.29 is 72.7 Å². The Labute approximate surface area is 383 Å². The summed E-state index contributed by atoms with van der Waals surface area (Å²) >= 11 is 0. The molecule has 1 amide bonds. The molecule has 5 atom stereocenters. The number of nitrogens with one attached hydrogen (secondary N) is 1. The summed E-state index contributed by atoms with van der Waals surface area (Å²) in [6.07, 6.45) is -11.9. The van der Waals surface area contributed by atoms with Crippen LogP contribution in [-0.2, 0) is 34.9 Å². The van der Waals surface area contributed by atoms with E-state index in [-0.39, 0.29) is 24.0 Å². The molecule has 0 bridgehead atoms. The van der Waals surface area contributed by atoms with Gasteiger partial charge in [0.2, 0.25) is 5.91 Å². The van der Waals surface area contributed by atoms with Crippen LogP contribution < -0.4 is 10.1 Å². The van der Waals surface area contributed by atoms with Gasteiger partial charge >= 0.3 is 24.1 Å². The van der Waals surface area contributed by atoms with Gasteiger partial charge in [0.1, 0.15) is 5.75 Å². The first-order chi connectivity index (χ1) is 31.1. The van der Waals surface area contributed by atoms with Gasteiger partial charge in [0.15, 0.2) is 5.79 Å². The van der Waals surface area contributed by atoms with Crippen molar-refractivity contribution in [1.82, 2.24) is 15.1 Å². The van der Waals surface area contributed by atoms with E-state index in [0.717, 1.165) is 103 Å². The highest BCUT2D eigenvalue weighted by atomic mass is 19.4. The number of benzene rings is 1. The fourth-order valence-corrected chi connectivity index (χ4v) is 11.1. The maximum absolute atomic E-state index is 13.2. The van der Waals surface area contributed by atoms with Crippen molar-refractivity contribution in [1.29, 1.82) is 0 Å². The quantitative estimate of drug-likeness (QED) is 0.0903. The number of ether oxygens (including phenoxy) is 6. The monoisotopic (exact) mass is 960 g/mol. The van der Waals surface area contributed by atoms with Crippen molar-refractivity contribution in [3.63, 3.8) is 0 Å². The molecule has 19 heteroatoms. The first-order valence-electron chi connectivity index (χ1n) is 23.9. The predicted molar refractivity (Wildman–Crippen MR) is 227 cm³/mol. The topological polar surface area (TPSA) is 91.0 Å². The van der Waals surface area contributed by atoms with E-state index >= 15 is 0 Å². The van der Waals surface area contributed by atoms with Crippen LogP contribution in [0, 0.1) is 23.2 Å². The normalized spacial score (nSPS) is 26.7. The van der Waals surface area contributed by atoms with E-state index in [4.69, 9.17) is 23.7 Å². The van der Waals surface area contributed by atoms with Crippen molar-refractivity contribution in [2.75, 3.05) is 92.1 Å². The lowest BCUT2D eigenvalue weighted by Gasteiger charge is -2.50. The van der Waals surface area contributed by atoms with E-state index in [1.165, 1.54) is 11.1 Å². The van der Waals surface area contributed by atoms with E-state index < -0.39 is 42.9 Å². The van der Waals surface area contributed by atoms with Gasteiger partial charge in [-0.15, -0.1) is 0 Å². The fourth-order valence-electron chi connectivity index (χ4n) is 11.1. The van der Waals surface area contributed by atoms with Gasteiger partial charge in [0, 0.05) is 64.8 Å². The number of hydrogen-bond donors (Lipinski definition) is 1. The SMILES string of the molecule is CC1(C)OCC(CCCOCCNC(=O)CCCN2CCN(CCCOc3ccc4c(c3)CC[C@@H]3[C@@H]4CC[C@]4(C)[C@@H](OCCCOC(C(F)(F)F)(C(F)(F)F)C(F)(F)F)CC[C@@H]34)CC2)CO1. The lowest BCUT2D eigenvalue weighted by atomic mass is 9.55. The van der Waals surface area contributed by atoms with Crippen molar-refractivity contribution in [3.05, 3.63) is 29.3 Å². The highest BCUT2D eigenvalue weighted by Crippen LogP contribution is 2.62. The number of halogens is 9. The standard InChI is InChI=1S/C47H70F9N3O7/c1-42(2)65-31-33(32-66-42)8-5-25-61-29-18-57-41(60)9-4-19-58-21-23-59(24-22-58)20-6-26-62-35-11-13-36-34(30-35)10-12-38-37(36)16-17-43(3)39(38)14-15-40(43)63-27-7-28-64-44(45(48,49)50,46(51,52)53)47(54,55)56/h11,13,30,33,37-40H,4-10,12,14-29,31-32H2,1-3H3,(H,57,60)/t37-,38-,39+,40+,43+/m1/s1. The molecule has 2 saturated carbocycles. The van der Waals surface area contributed by atoms with Gasteiger partial charge in [-0.05, 0) is 137 Å². The molecule has 10 nitrogen and oxygen atoms in total. The van der Waals surface area contributed by atoms with Crippen molar-refractivity contribution in [2.45, 2.75) is 140 Å². The average Bonchev–Trinajstić information content (AvgIpc) is 3.58. The third-order valence-electron chi connectivity index (χ3n) is 14.8. The first kappa shape index (κ1) is 52.9. The van der Waals surface area contributed by atoms with E-state index in [1.807, 2.05) is 19.9 Å². The second-order valence-corrected chi connectivity index (χ2v) is 19.6. The molecule has 1 N–H and O–H groups in total. The Kier molecular flexibility index (Phi) is 18.1. The Balaban J connectivity index is 0.816. The largest absolute Gasteiger partial charge is 0.494 e. The lowest BCUT2D eigenvalue weighted by Crippen LogP contribution is -2.67. The molecule has 2 saturated heterocycles. The Morgan fingerprint density at radius 3 is 2.11 bits per heavy atom. The fraction of sp³-hybridized carbons (Fsp3) is 0.851. The number of carbonyl (C=O) groups is 1. The van der Waals surface area contributed by atoms with Crippen LogP contribution in [-0.4, -0.2) is 144 Å². The number of carbonyl (C=O) groups excluding carboxylic acids is 1.